The summed E-state index contributed by atoms with van der Waals surface area (Å²) >= 11 is 0. The van der Waals surface area contributed by atoms with Crippen molar-refractivity contribution in [1.29, 1.82) is 0 Å². The number of nitrogens with zero attached hydrogens (tertiary/aromatic N) is 1. The molecular formula is C22H22N2O3. The van der Waals surface area contributed by atoms with Crippen molar-refractivity contribution in [3.8, 4) is 11.5 Å². The Morgan fingerprint density at radius 1 is 0.889 bits per heavy atom. The lowest BCUT2D eigenvalue weighted by molar-refractivity contribution is 0.159. The molecule has 0 fully saturated rings. The second kappa shape index (κ2) is 8.87. The van der Waals surface area contributed by atoms with Crippen LogP contribution in [-0.4, -0.2) is 31.4 Å². The fourth-order valence-corrected chi connectivity index (χ4v) is 2.61. The van der Waals surface area contributed by atoms with Gasteiger partial charge in [-0.2, -0.15) is 0 Å². The van der Waals surface area contributed by atoms with Gasteiger partial charge in [0.2, 0.25) is 6.35 Å². The number of ether oxygens (including phenoxy) is 2. The third-order valence-electron chi connectivity index (χ3n) is 3.96. The highest BCUT2D eigenvalue weighted by molar-refractivity contribution is 6.07. The average molecular weight is 362 g/mol. The van der Waals surface area contributed by atoms with Crippen molar-refractivity contribution in [3.63, 3.8) is 0 Å². The molecule has 0 aromatic heterocycles. The van der Waals surface area contributed by atoms with E-state index >= 15 is 0 Å². The molecule has 1 atom stereocenters. The molecule has 1 aliphatic rings. The summed E-state index contributed by atoms with van der Waals surface area (Å²) in [6.07, 6.45) is 8.52. The smallest absolute Gasteiger partial charge is 0.223 e. The Morgan fingerprint density at radius 2 is 1.48 bits per heavy atom. The minimum atomic E-state index is -0.982. The van der Waals surface area contributed by atoms with Crippen LogP contribution in [-0.2, 0) is 0 Å². The first kappa shape index (κ1) is 18.5. The highest BCUT2D eigenvalue weighted by Gasteiger charge is 2.09. The van der Waals surface area contributed by atoms with Gasteiger partial charge in [0.05, 0.1) is 19.9 Å². The second-order valence-corrected chi connectivity index (χ2v) is 5.89. The van der Waals surface area contributed by atoms with Gasteiger partial charge in [0.25, 0.3) is 0 Å². The lowest BCUT2D eigenvalue weighted by Gasteiger charge is -2.16. The van der Waals surface area contributed by atoms with Crippen LogP contribution >= 0.6 is 0 Å². The molecule has 0 aliphatic carbocycles. The minimum absolute atomic E-state index is 0.675. The normalized spacial score (nSPS) is 16.8. The zero-order valence-corrected chi connectivity index (χ0v) is 15.3. The Morgan fingerprint density at radius 3 is 2.07 bits per heavy atom. The number of methoxy groups -OCH3 is 2. The molecule has 2 N–H and O–H groups in total. The van der Waals surface area contributed by atoms with Gasteiger partial charge in [-0.05, 0) is 53.6 Å². The maximum atomic E-state index is 9.96. The Kier molecular flexibility index (Phi) is 6.07. The Balaban J connectivity index is 1.75. The van der Waals surface area contributed by atoms with E-state index in [1.165, 1.54) is 0 Å². The standard InChI is InChI=1S/C22H22N2O3/c1-26-20-7-3-5-16(13-20)9-11-18-15-19(24-22(25)23-18)12-10-17-6-4-8-21(14-17)27-2/h3-15,22-23,25H,1-2H3. The Bertz CT molecular complexity index is 913. The number of benzene rings is 2. The molecule has 3 rings (SSSR count). The molecule has 0 amide bonds. The molecule has 1 aliphatic heterocycles. The zero-order valence-electron chi connectivity index (χ0n) is 15.3. The van der Waals surface area contributed by atoms with Crippen LogP contribution < -0.4 is 14.8 Å². The molecule has 0 bridgehead atoms. The van der Waals surface area contributed by atoms with Crippen molar-refractivity contribution in [2.45, 2.75) is 6.35 Å². The first-order valence-corrected chi connectivity index (χ1v) is 8.54. The van der Waals surface area contributed by atoms with E-state index in [4.69, 9.17) is 9.47 Å². The van der Waals surface area contributed by atoms with Gasteiger partial charge >= 0.3 is 0 Å². The second-order valence-electron chi connectivity index (χ2n) is 5.89. The maximum Gasteiger partial charge on any atom is 0.223 e. The van der Waals surface area contributed by atoms with Gasteiger partial charge in [0, 0.05) is 5.70 Å². The van der Waals surface area contributed by atoms with Gasteiger partial charge in [0.15, 0.2) is 0 Å². The molecule has 0 saturated carbocycles. The topological polar surface area (TPSA) is 63.1 Å². The monoisotopic (exact) mass is 362 g/mol. The van der Waals surface area contributed by atoms with E-state index in [0.717, 1.165) is 28.3 Å². The SMILES string of the molecule is COc1cccc(C=CC2=CC(C=Cc3cccc(OC)c3)=NC(O)N2)c1. The van der Waals surface area contributed by atoms with Gasteiger partial charge < -0.3 is 19.9 Å². The van der Waals surface area contributed by atoms with Gasteiger partial charge in [-0.25, -0.2) is 4.99 Å². The van der Waals surface area contributed by atoms with Gasteiger partial charge in [-0.15, -0.1) is 0 Å². The van der Waals surface area contributed by atoms with Gasteiger partial charge in [-0.3, -0.25) is 0 Å². The molecular weight excluding hydrogens is 340 g/mol. The number of nitrogens with one attached hydrogen (secondary N) is 1. The van der Waals surface area contributed by atoms with Crippen LogP contribution in [0.1, 0.15) is 11.1 Å². The summed E-state index contributed by atoms with van der Waals surface area (Å²) in [5.74, 6) is 1.59. The summed E-state index contributed by atoms with van der Waals surface area (Å²) in [4.78, 5) is 4.19. The number of aliphatic hydroxyl groups excluding tert-OH is 1. The number of rotatable bonds is 6. The largest absolute Gasteiger partial charge is 0.497 e. The average Bonchev–Trinajstić information content (AvgIpc) is 2.71. The van der Waals surface area contributed by atoms with Crippen LogP contribution in [0, 0.1) is 0 Å². The van der Waals surface area contributed by atoms with Crippen LogP contribution in [0.15, 0.2) is 77.4 Å². The van der Waals surface area contributed by atoms with E-state index in [2.05, 4.69) is 10.3 Å². The van der Waals surface area contributed by atoms with Crippen LogP contribution in [0.2, 0.25) is 0 Å². The number of allylic oxidation sites excluding steroid dienone is 3. The molecule has 27 heavy (non-hydrogen) atoms. The van der Waals surface area contributed by atoms with Crippen molar-refractivity contribution in [3.05, 3.63) is 83.6 Å². The van der Waals surface area contributed by atoms with Crippen molar-refractivity contribution >= 4 is 17.9 Å². The lowest BCUT2D eigenvalue weighted by Crippen LogP contribution is -2.30. The van der Waals surface area contributed by atoms with Crippen molar-refractivity contribution < 1.29 is 14.6 Å². The van der Waals surface area contributed by atoms with Crippen LogP contribution in [0.3, 0.4) is 0 Å². The first-order valence-electron chi connectivity index (χ1n) is 8.54. The third kappa shape index (κ3) is 5.33. The molecule has 5 heteroatoms. The van der Waals surface area contributed by atoms with E-state index in [1.807, 2.05) is 78.9 Å². The summed E-state index contributed by atoms with van der Waals surface area (Å²) in [6.45, 7) is 0. The summed E-state index contributed by atoms with van der Waals surface area (Å²) in [5, 5.41) is 12.9. The third-order valence-corrected chi connectivity index (χ3v) is 3.96. The van der Waals surface area contributed by atoms with Crippen molar-refractivity contribution in [2.24, 2.45) is 4.99 Å². The lowest BCUT2D eigenvalue weighted by atomic mass is 10.1. The molecule has 1 unspecified atom stereocenters. The Labute approximate surface area is 159 Å². The first-order chi connectivity index (χ1) is 13.2. The predicted molar refractivity (Wildman–Crippen MR) is 109 cm³/mol. The fourth-order valence-electron chi connectivity index (χ4n) is 2.61. The number of hydrogen-bond donors (Lipinski definition) is 2. The molecule has 138 valence electrons. The maximum absolute atomic E-state index is 9.96. The summed E-state index contributed by atoms with van der Waals surface area (Å²) in [5.41, 5.74) is 3.44. The molecule has 5 nitrogen and oxygen atoms in total. The van der Waals surface area contributed by atoms with Crippen LogP contribution in [0.25, 0.3) is 12.2 Å². The minimum Gasteiger partial charge on any atom is -0.497 e. The fraction of sp³-hybridized carbons (Fsp3) is 0.136. The highest BCUT2D eigenvalue weighted by Crippen LogP contribution is 2.16. The van der Waals surface area contributed by atoms with E-state index in [0.29, 0.717) is 5.71 Å². The number of hydrogen-bond acceptors (Lipinski definition) is 5. The summed E-state index contributed by atoms with van der Waals surface area (Å²) < 4.78 is 10.5. The van der Waals surface area contributed by atoms with Crippen molar-refractivity contribution in [2.75, 3.05) is 14.2 Å². The number of aliphatic hydroxyl groups is 1. The zero-order chi connectivity index (χ0) is 19.1. The van der Waals surface area contributed by atoms with E-state index < -0.39 is 6.35 Å². The molecule has 1 heterocycles. The molecule has 2 aromatic carbocycles. The quantitative estimate of drug-likeness (QED) is 0.824. The van der Waals surface area contributed by atoms with E-state index in [-0.39, 0.29) is 0 Å². The van der Waals surface area contributed by atoms with Gasteiger partial charge in [0.1, 0.15) is 11.5 Å². The Hall–Kier alpha value is -3.31. The highest BCUT2D eigenvalue weighted by atomic mass is 16.5. The number of aliphatic imine (C=N–C) groups is 1. The molecule has 0 saturated heterocycles. The summed E-state index contributed by atoms with van der Waals surface area (Å²) in [6, 6.07) is 15.5. The van der Waals surface area contributed by atoms with Crippen molar-refractivity contribution in [1.82, 2.24) is 5.32 Å². The molecule has 2 aromatic rings. The molecule has 0 spiro atoms. The van der Waals surface area contributed by atoms with Crippen LogP contribution in [0.4, 0.5) is 0 Å². The van der Waals surface area contributed by atoms with Crippen LogP contribution in [0.5, 0.6) is 11.5 Å². The molecule has 0 radical (unpaired) electrons. The summed E-state index contributed by atoms with van der Waals surface area (Å²) in [7, 11) is 3.28. The van der Waals surface area contributed by atoms with Gasteiger partial charge in [-0.1, -0.05) is 36.4 Å². The predicted octanol–water partition coefficient (Wildman–Crippen LogP) is 3.63. The van der Waals surface area contributed by atoms with E-state index in [1.54, 1.807) is 14.2 Å². The van der Waals surface area contributed by atoms with E-state index in [9.17, 15) is 5.11 Å².